The molecule has 2 fully saturated rings. The van der Waals surface area contributed by atoms with Crippen LogP contribution in [0.5, 0.6) is 0 Å². The van der Waals surface area contributed by atoms with Gasteiger partial charge in [0.15, 0.2) is 0 Å². The molecule has 0 amide bonds. The normalized spacial score (nSPS) is 31.2. The fourth-order valence-corrected chi connectivity index (χ4v) is 3.29. The second-order valence-electron chi connectivity index (χ2n) is 6.08. The van der Waals surface area contributed by atoms with Crippen LogP contribution >= 0.6 is 0 Å². The van der Waals surface area contributed by atoms with E-state index < -0.39 is 0 Å². The molecule has 16 heavy (non-hydrogen) atoms. The largest absolute Gasteiger partial charge is 0.381 e. The lowest BCUT2D eigenvalue weighted by atomic mass is 9.65. The summed E-state index contributed by atoms with van der Waals surface area (Å²) in [6.07, 6.45) is 6.76. The van der Waals surface area contributed by atoms with E-state index in [0.29, 0.717) is 11.7 Å². The fraction of sp³-hybridized carbons (Fsp3) is 0.929. The Labute approximate surface area is 98.7 Å². The Morgan fingerprint density at radius 2 is 1.81 bits per heavy atom. The van der Waals surface area contributed by atoms with Gasteiger partial charge in [-0.25, -0.2) is 0 Å². The van der Waals surface area contributed by atoms with Crippen molar-refractivity contribution in [1.82, 2.24) is 0 Å². The number of hydrogen-bond donors (Lipinski definition) is 0. The van der Waals surface area contributed by atoms with E-state index in [1.807, 2.05) is 0 Å². The van der Waals surface area contributed by atoms with Crippen LogP contribution in [0, 0.1) is 17.3 Å². The summed E-state index contributed by atoms with van der Waals surface area (Å²) in [5.41, 5.74) is 0.230. The number of rotatable bonds is 2. The minimum atomic E-state index is 0.230. The third-order valence-electron chi connectivity index (χ3n) is 4.47. The molecule has 0 aromatic carbocycles. The number of carbonyl (C=O) groups excluding carboxylic acids is 1. The standard InChI is InChI=1S/C14H24O2/c1-14(2)8-4-3-5-12(14)13(15)11-6-9-16-10-7-11/h11-12H,3-10H2,1-2H3. The van der Waals surface area contributed by atoms with Crippen LogP contribution in [0.15, 0.2) is 0 Å². The van der Waals surface area contributed by atoms with E-state index in [1.54, 1.807) is 0 Å². The molecule has 1 atom stereocenters. The number of ether oxygens (including phenoxy) is 1. The minimum absolute atomic E-state index is 0.230. The van der Waals surface area contributed by atoms with Gasteiger partial charge < -0.3 is 4.74 Å². The van der Waals surface area contributed by atoms with Gasteiger partial charge in [0.25, 0.3) is 0 Å². The third-order valence-corrected chi connectivity index (χ3v) is 4.47. The van der Waals surface area contributed by atoms with Gasteiger partial charge in [-0.05, 0) is 31.1 Å². The lowest BCUT2D eigenvalue weighted by Crippen LogP contribution is -2.39. The maximum absolute atomic E-state index is 12.5. The van der Waals surface area contributed by atoms with Crippen LogP contribution in [-0.4, -0.2) is 19.0 Å². The van der Waals surface area contributed by atoms with Gasteiger partial charge in [-0.3, -0.25) is 4.79 Å². The summed E-state index contributed by atoms with van der Waals surface area (Å²) in [5, 5.41) is 0. The van der Waals surface area contributed by atoms with Gasteiger partial charge in [-0.2, -0.15) is 0 Å². The van der Waals surface area contributed by atoms with Gasteiger partial charge in [0.2, 0.25) is 0 Å². The summed E-state index contributed by atoms with van der Waals surface area (Å²) in [7, 11) is 0. The molecule has 2 rings (SSSR count). The molecule has 0 N–H and O–H groups in total. The van der Waals surface area contributed by atoms with Crippen molar-refractivity contribution in [2.75, 3.05) is 13.2 Å². The Kier molecular flexibility index (Phi) is 3.68. The lowest BCUT2D eigenvalue weighted by molar-refractivity contribution is -0.135. The summed E-state index contributed by atoms with van der Waals surface area (Å²) in [6.45, 7) is 6.11. The van der Waals surface area contributed by atoms with E-state index in [-0.39, 0.29) is 11.3 Å². The van der Waals surface area contributed by atoms with Crippen LogP contribution in [0.25, 0.3) is 0 Å². The maximum Gasteiger partial charge on any atom is 0.139 e. The van der Waals surface area contributed by atoms with Crippen LogP contribution in [0.2, 0.25) is 0 Å². The summed E-state index contributed by atoms with van der Waals surface area (Å²) in [6, 6.07) is 0. The first-order valence-corrected chi connectivity index (χ1v) is 6.73. The molecule has 0 aromatic rings. The Balaban J connectivity index is 2.01. The van der Waals surface area contributed by atoms with E-state index in [0.717, 1.165) is 32.5 Å². The predicted molar refractivity (Wildman–Crippen MR) is 64.3 cm³/mol. The van der Waals surface area contributed by atoms with Crippen molar-refractivity contribution < 1.29 is 9.53 Å². The third kappa shape index (κ3) is 2.48. The molecule has 0 spiro atoms. The van der Waals surface area contributed by atoms with Crippen molar-refractivity contribution in [3.8, 4) is 0 Å². The number of Topliss-reactive ketones (excluding diaryl/α,β-unsaturated/α-hetero) is 1. The molecule has 0 bridgehead atoms. The zero-order chi connectivity index (χ0) is 11.6. The molecule has 2 aliphatic rings. The molecule has 1 aliphatic carbocycles. The van der Waals surface area contributed by atoms with E-state index in [1.165, 1.54) is 19.3 Å². The quantitative estimate of drug-likeness (QED) is 0.720. The van der Waals surface area contributed by atoms with Crippen molar-refractivity contribution in [1.29, 1.82) is 0 Å². The van der Waals surface area contributed by atoms with Crippen molar-refractivity contribution in [3.63, 3.8) is 0 Å². The molecule has 0 aromatic heterocycles. The highest BCUT2D eigenvalue weighted by molar-refractivity contribution is 5.84. The lowest BCUT2D eigenvalue weighted by Gasteiger charge is -2.39. The van der Waals surface area contributed by atoms with E-state index in [2.05, 4.69) is 13.8 Å². The monoisotopic (exact) mass is 224 g/mol. The Morgan fingerprint density at radius 3 is 2.44 bits per heavy atom. The number of ketones is 1. The molecular formula is C14H24O2. The van der Waals surface area contributed by atoms with E-state index in [4.69, 9.17) is 4.74 Å². The first-order valence-electron chi connectivity index (χ1n) is 6.73. The second kappa shape index (κ2) is 4.87. The van der Waals surface area contributed by atoms with Gasteiger partial charge in [0.05, 0.1) is 0 Å². The van der Waals surface area contributed by atoms with Gasteiger partial charge in [-0.1, -0.05) is 26.7 Å². The van der Waals surface area contributed by atoms with Gasteiger partial charge >= 0.3 is 0 Å². The number of carbonyl (C=O) groups is 1. The van der Waals surface area contributed by atoms with Gasteiger partial charge in [-0.15, -0.1) is 0 Å². The summed E-state index contributed by atoms with van der Waals surface area (Å²) < 4.78 is 5.34. The molecule has 1 unspecified atom stereocenters. The minimum Gasteiger partial charge on any atom is -0.381 e. The molecule has 0 radical (unpaired) electrons. The molecular weight excluding hydrogens is 200 g/mol. The molecule has 2 heteroatoms. The highest BCUT2D eigenvalue weighted by atomic mass is 16.5. The van der Waals surface area contributed by atoms with Crippen molar-refractivity contribution in [2.45, 2.75) is 52.4 Å². The predicted octanol–water partition coefficient (Wildman–Crippen LogP) is 3.20. The maximum atomic E-state index is 12.5. The summed E-state index contributed by atoms with van der Waals surface area (Å²) in [4.78, 5) is 12.5. The van der Waals surface area contributed by atoms with E-state index >= 15 is 0 Å². The molecule has 92 valence electrons. The second-order valence-corrected chi connectivity index (χ2v) is 6.08. The molecule has 1 aliphatic heterocycles. The molecule has 1 saturated heterocycles. The van der Waals surface area contributed by atoms with Gasteiger partial charge in [0, 0.05) is 25.0 Å². The summed E-state index contributed by atoms with van der Waals surface area (Å²) in [5.74, 6) is 1.13. The first-order chi connectivity index (χ1) is 7.61. The zero-order valence-corrected chi connectivity index (χ0v) is 10.6. The SMILES string of the molecule is CC1(C)CCCCC1C(=O)C1CCOCC1. The van der Waals surface area contributed by atoms with Crippen LogP contribution in [0.4, 0.5) is 0 Å². The fourth-order valence-electron chi connectivity index (χ4n) is 3.29. The van der Waals surface area contributed by atoms with Gasteiger partial charge in [0.1, 0.15) is 5.78 Å². The Morgan fingerprint density at radius 1 is 1.12 bits per heavy atom. The van der Waals surface area contributed by atoms with Crippen molar-refractivity contribution in [3.05, 3.63) is 0 Å². The molecule has 1 heterocycles. The van der Waals surface area contributed by atoms with Crippen LogP contribution in [0.1, 0.15) is 52.4 Å². The summed E-state index contributed by atoms with van der Waals surface area (Å²) >= 11 is 0. The smallest absolute Gasteiger partial charge is 0.139 e. The molecule has 1 saturated carbocycles. The zero-order valence-electron chi connectivity index (χ0n) is 10.6. The molecule has 2 nitrogen and oxygen atoms in total. The van der Waals surface area contributed by atoms with Crippen molar-refractivity contribution in [2.24, 2.45) is 17.3 Å². The highest BCUT2D eigenvalue weighted by Gasteiger charge is 2.39. The van der Waals surface area contributed by atoms with Crippen LogP contribution in [-0.2, 0) is 9.53 Å². The Bertz CT molecular complexity index is 251. The highest BCUT2D eigenvalue weighted by Crippen LogP contribution is 2.42. The average Bonchev–Trinajstić information content (AvgIpc) is 2.29. The van der Waals surface area contributed by atoms with Crippen molar-refractivity contribution >= 4 is 5.78 Å². The van der Waals surface area contributed by atoms with Crippen LogP contribution < -0.4 is 0 Å². The van der Waals surface area contributed by atoms with E-state index in [9.17, 15) is 4.79 Å². The first kappa shape index (κ1) is 12.1. The van der Waals surface area contributed by atoms with Crippen LogP contribution in [0.3, 0.4) is 0 Å². The average molecular weight is 224 g/mol. The Hall–Kier alpha value is -0.370. The topological polar surface area (TPSA) is 26.3 Å². The number of hydrogen-bond acceptors (Lipinski definition) is 2.